The van der Waals surface area contributed by atoms with E-state index in [2.05, 4.69) is 15.9 Å². The summed E-state index contributed by atoms with van der Waals surface area (Å²) >= 11 is 3.06. The average Bonchev–Trinajstić information content (AvgIpc) is 2.44. The zero-order valence-electron chi connectivity index (χ0n) is 11.6. The zero-order chi connectivity index (χ0) is 15.4. The minimum atomic E-state index is -0.925. The molecule has 112 valence electrons. The van der Waals surface area contributed by atoms with Crippen molar-refractivity contribution >= 4 is 15.9 Å². The first-order chi connectivity index (χ1) is 10.0. The van der Waals surface area contributed by atoms with Gasteiger partial charge in [0.2, 0.25) is 0 Å². The fourth-order valence-electron chi connectivity index (χ4n) is 2.09. The fourth-order valence-corrected chi connectivity index (χ4v) is 2.49. The summed E-state index contributed by atoms with van der Waals surface area (Å²) in [5.41, 5.74) is 6.47. The van der Waals surface area contributed by atoms with Crippen LogP contribution in [0.25, 0.3) is 0 Å². The zero-order valence-corrected chi connectivity index (χ0v) is 13.2. The van der Waals surface area contributed by atoms with E-state index >= 15 is 0 Å². The summed E-state index contributed by atoms with van der Waals surface area (Å²) in [5.74, 6) is -0.812. The number of halogens is 3. The van der Waals surface area contributed by atoms with E-state index in [4.69, 9.17) is 10.5 Å². The first kappa shape index (κ1) is 15.9. The SMILES string of the molecule is CCCOc1ccccc1C(N)c1c(F)cc(Br)cc1F. The van der Waals surface area contributed by atoms with Gasteiger partial charge < -0.3 is 10.5 Å². The maximum atomic E-state index is 14.0. The van der Waals surface area contributed by atoms with Crippen LogP contribution in [-0.2, 0) is 0 Å². The summed E-state index contributed by atoms with van der Waals surface area (Å²) in [5, 5.41) is 0. The lowest BCUT2D eigenvalue weighted by Gasteiger charge is -2.18. The summed E-state index contributed by atoms with van der Waals surface area (Å²) in [6.45, 7) is 2.51. The van der Waals surface area contributed by atoms with E-state index in [1.165, 1.54) is 12.1 Å². The maximum absolute atomic E-state index is 14.0. The van der Waals surface area contributed by atoms with E-state index in [1.807, 2.05) is 6.92 Å². The number of nitrogens with two attached hydrogens (primary N) is 1. The monoisotopic (exact) mass is 355 g/mol. The molecular formula is C16H16BrF2NO. The van der Waals surface area contributed by atoms with Crippen LogP contribution in [-0.4, -0.2) is 6.61 Å². The van der Waals surface area contributed by atoms with Crippen LogP contribution in [0.3, 0.4) is 0 Å². The first-order valence-corrected chi connectivity index (χ1v) is 7.45. The molecule has 0 heterocycles. The third-order valence-corrected chi connectivity index (χ3v) is 3.53. The van der Waals surface area contributed by atoms with Crippen molar-refractivity contribution in [1.29, 1.82) is 0 Å². The molecule has 0 spiro atoms. The molecule has 0 saturated carbocycles. The van der Waals surface area contributed by atoms with Gasteiger partial charge in [0.25, 0.3) is 0 Å². The van der Waals surface area contributed by atoms with E-state index in [1.54, 1.807) is 24.3 Å². The van der Waals surface area contributed by atoms with Gasteiger partial charge >= 0.3 is 0 Å². The molecule has 0 bridgehead atoms. The van der Waals surface area contributed by atoms with Gasteiger partial charge in [-0.05, 0) is 24.6 Å². The highest BCUT2D eigenvalue weighted by atomic mass is 79.9. The van der Waals surface area contributed by atoms with E-state index in [0.717, 1.165) is 6.42 Å². The van der Waals surface area contributed by atoms with Crippen molar-refractivity contribution in [1.82, 2.24) is 0 Å². The smallest absolute Gasteiger partial charge is 0.132 e. The van der Waals surface area contributed by atoms with Crippen LogP contribution < -0.4 is 10.5 Å². The van der Waals surface area contributed by atoms with Gasteiger partial charge in [0.15, 0.2) is 0 Å². The van der Waals surface area contributed by atoms with Crippen LogP contribution in [0.4, 0.5) is 8.78 Å². The highest BCUT2D eigenvalue weighted by molar-refractivity contribution is 9.10. The van der Waals surface area contributed by atoms with Crippen LogP contribution in [0.5, 0.6) is 5.75 Å². The second-order valence-corrected chi connectivity index (χ2v) is 5.56. The number of hydrogen-bond donors (Lipinski definition) is 1. The average molecular weight is 356 g/mol. The standard InChI is InChI=1S/C16H16BrF2NO/c1-2-7-21-14-6-4-3-5-11(14)16(20)15-12(18)8-10(17)9-13(15)19/h3-6,8-9,16H,2,7,20H2,1H3. The van der Waals surface area contributed by atoms with Gasteiger partial charge in [0.1, 0.15) is 17.4 Å². The predicted molar refractivity (Wildman–Crippen MR) is 82.3 cm³/mol. The molecule has 1 atom stereocenters. The van der Waals surface area contributed by atoms with Crippen molar-refractivity contribution in [3.8, 4) is 5.75 Å². The van der Waals surface area contributed by atoms with Crippen molar-refractivity contribution in [3.05, 3.63) is 63.6 Å². The van der Waals surface area contributed by atoms with Crippen molar-refractivity contribution in [2.45, 2.75) is 19.4 Å². The predicted octanol–water partition coefficient (Wildman–Crippen LogP) is 4.56. The normalized spacial score (nSPS) is 12.2. The first-order valence-electron chi connectivity index (χ1n) is 6.66. The molecule has 2 nitrogen and oxygen atoms in total. The van der Waals surface area contributed by atoms with Crippen molar-refractivity contribution in [2.24, 2.45) is 5.73 Å². The summed E-state index contributed by atoms with van der Waals surface area (Å²) in [6, 6.07) is 8.52. The third-order valence-electron chi connectivity index (χ3n) is 3.07. The molecule has 21 heavy (non-hydrogen) atoms. The van der Waals surface area contributed by atoms with E-state index < -0.39 is 17.7 Å². The van der Waals surface area contributed by atoms with E-state index in [9.17, 15) is 8.78 Å². The van der Waals surface area contributed by atoms with Crippen LogP contribution in [0.1, 0.15) is 30.5 Å². The maximum Gasteiger partial charge on any atom is 0.132 e. The lowest BCUT2D eigenvalue weighted by Crippen LogP contribution is -2.17. The lowest BCUT2D eigenvalue weighted by atomic mass is 9.97. The van der Waals surface area contributed by atoms with Crippen LogP contribution in [0, 0.1) is 11.6 Å². The Hall–Kier alpha value is -1.46. The Balaban J connectivity index is 2.43. The molecule has 0 amide bonds. The Kier molecular flexibility index (Phi) is 5.31. The molecule has 5 heteroatoms. The van der Waals surface area contributed by atoms with Crippen LogP contribution in [0.2, 0.25) is 0 Å². The minimum absolute atomic E-state index is 0.161. The largest absolute Gasteiger partial charge is 0.493 e. The summed E-state index contributed by atoms with van der Waals surface area (Å²) < 4.78 is 34.0. The Morgan fingerprint density at radius 3 is 2.43 bits per heavy atom. The Morgan fingerprint density at radius 2 is 1.81 bits per heavy atom. The second-order valence-electron chi connectivity index (χ2n) is 4.65. The van der Waals surface area contributed by atoms with Gasteiger partial charge in [-0.2, -0.15) is 0 Å². The van der Waals surface area contributed by atoms with Crippen LogP contribution >= 0.6 is 15.9 Å². The molecule has 0 radical (unpaired) electrons. The molecule has 0 aliphatic rings. The quantitative estimate of drug-likeness (QED) is 0.852. The summed E-state index contributed by atoms with van der Waals surface area (Å²) in [7, 11) is 0. The van der Waals surface area contributed by atoms with Crippen molar-refractivity contribution in [2.75, 3.05) is 6.61 Å². The number of rotatable bonds is 5. The highest BCUT2D eigenvalue weighted by Crippen LogP contribution is 2.32. The number of hydrogen-bond acceptors (Lipinski definition) is 2. The highest BCUT2D eigenvalue weighted by Gasteiger charge is 2.22. The Labute approximate surface area is 131 Å². The molecule has 0 aromatic heterocycles. The number of ether oxygens (including phenoxy) is 1. The van der Waals surface area contributed by atoms with Gasteiger partial charge in [-0.1, -0.05) is 41.1 Å². The van der Waals surface area contributed by atoms with Crippen LogP contribution in [0.15, 0.2) is 40.9 Å². The minimum Gasteiger partial charge on any atom is -0.493 e. The fraction of sp³-hybridized carbons (Fsp3) is 0.250. The van der Waals surface area contributed by atoms with Gasteiger partial charge in [0, 0.05) is 15.6 Å². The molecule has 0 aliphatic carbocycles. The summed E-state index contributed by atoms with van der Waals surface area (Å²) in [6.07, 6.45) is 0.838. The van der Waals surface area contributed by atoms with Crippen molar-refractivity contribution in [3.63, 3.8) is 0 Å². The van der Waals surface area contributed by atoms with E-state index in [-0.39, 0.29) is 5.56 Å². The Morgan fingerprint density at radius 1 is 1.19 bits per heavy atom. The van der Waals surface area contributed by atoms with Gasteiger partial charge in [-0.3, -0.25) is 0 Å². The lowest BCUT2D eigenvalue weighted by molar-refractivity contribution is 0.313. The van der Waals surface area contributed by atoms with Gasteiger partial charge in [0.05, 0.1) is 12.6 Å². The van der Waals surface area contributed by atoms with Gasteiger partial charge in [-0.25, -0.2) is 8.78 Å². The molecule has 0 aliphatic heterocycles. The second kappa shape index (κ2) is 7.00. The third kappa shape index (κ3) is 3.60. The Bertz CT molecular complexity index is 610. The van der Waals surface area contributed by atoms with E-state index in [0.29, 0.717) is 22.4 Å². The molecule has 2 N–H and O–H groups in total. The molecular weight excluding hydrogens is 340 g/mol. The molecule has 2 rings (SSSR count). The molecule has 0 saturated heterocycles. The topological polar surface area (TPSA) is 35.2 Å². The summed E-state index contributed by atoms with van der Waals surface area (Å²) in [4.78, 5) is 0. The van der Waals surface area contributed by atoms with Gasteiger partial charge in [-0.15, -0.1) is 0 Å². The molecule has 0 fully saturated rings. The van der Waals surface area contributed by atoms with Crippen molar-refractivity contribution < 1.29 is 13.5 Å². The molecule has 2 aromatic carbocycles. The molecule has 1 unspecified atom stereocenters. The number of para-hydroxylation sites is 1. The molecule has 2 aromatic rings. The number of benzene rings is 2.